The number of rotatable bonds is 5. The number of halogens is 2. The van der Waals surface area contributed by atoms with Crippen molar-refractivity contribution >= 4 is 23.3 Å². The first kappa shape index (κ1) is 18.5. The lowest BCUT2D eigenvalue weighted by Gasteiger charge is -2.11. The molecule has 0 spiro atoms. The molecule has 3 aromatic rings. The number of fused-ring (bicyclic) bond motifs is 1. The van der Waals surface area contributed by atoms with Crippen molar-refractivity contribution in [2.45, 2.75) is 39.3 Å². The lowest BCUT2D eigenvalue weighted by molar-refractivity contribution is 0.599. The molecule has 2 N–H and O–H groups in total. The Morgan fingerprint density at radius 2 is 1.75 bits per heavy atom. The molecule has 0 aliphatic carbocycles. The fraction of sp³-hybridized carbons (Fsp3) is 0.300. The van der Waals surface area contributed by atoms with Crippen molar-refractivity contribution in [2.75, 3.05) is 0 Å². The molecule has 0 radical (unpaired) electrons. The summed E-state index contributed by atoms with van der Waals surface area (Å²) in [4.78, 5) is 0. The maximum atomic E-state index is 14.0. The van der Waals surface area contributed by atoms with Gasteiger partial charge >= 0.3 is 0 Å². The summed E-state index contributed by atoms with van der Waals surface area (Å²) in [6, 6.07) is 15.5. The van der Waals surface area contributed by atoms with E-state index in [1.165, 1.54) is 22.7 Å². The Kier molecular flexibility index (Phi) is 6.03. The van der Waals surface area contributed by atoms with Gasteiger partial charge in [-0.05, 0) is 37.5 Å². The Labute approximate surface area is 148 Å². The van der Waals surface area contributed by atoms with Gasteiger partial charge in [0.25, 0.3) is 0 Å². The minimum absolute atomic E-state index is 0. The maximum absolute atomic E-state index is 14.0. The molecule has 0 amide bonds. The molecule has 2 nitrogen and oxygen atoms in total. The van der Waals surface area contributed by atoms with Gasteiger partial charge < -0.3 is 10.3 Å². The quantitative estimate of drug-likeness (QED) is 0.704. The maximum Gasteiger partial charge on any atom is 0.128 e. The van der Waals surface area contributed by atoms with Gasteiger partial charge in [-0.2, -0.15) is 0 Å². The van der Waals surface area contributed by atoms with Gasteiger partial charge in [0.05, 0.1) is 6.54 Å². The van der Waals surface area contributed by atoms with E-state index in [9.17, 15) is 4.39 Å². The normalized spacial score (nSPS) is 12.2. The zero-order valence-electron chi connectivity index (χ0n) is 14.1. The van der Waals surface area contributed by atoms with Crippen LogP contribution in [0.1, 0.15) is 30.2 Å². The summed E-state index contributed by atoms with van der Waals surface area (Å²) in [6.07, 6.45) is 1.80. The van der Waals surface area contributed by atoms with Crippen LogP contribution < -0.4 is 5.73 Å². The lowest BCUT2D eigenvalue weighted by atomic mass is 10.0. The Morgan fingerprint density at radius 1 is 1.08 bits per heavy atom. The molecular weight excluding hydrogens is 323 g/mol. The second-order valence-corrected chi connectivity index (χ2v) is 6.13. The van der Waals surface area contributed by atoms with E-state index in [0.717, 1.165) is 18.4 Å². The minimum atomic E-state index is -0.156. The largest absolute Gasteiger partial charge is 0.340 e. The van der Waals surface area contributed by atoms with Crippen molar-refractivity contribution in [3.8, 4) is 0 Å². The first-order chi connectivity index (χ1) is 11.1. The Morgan fingerprint density at radius 3 is 2.46 bits per heavy atom. The Balaban J connectivity index is 0.00000208. The number of aromatic nitrogens is 1. The molecule has 1 aromatic heterocycles. The molecule has 0 saturated heterocycles. The van der Waals surface area contributed by atoms with Crippen LogP contribution in [-0.4, -0.2) is 10.6 Å². The third-order valence-electron chi connectivity index (χ3n) is 4.64. The molecule has 0 bridgehead atoms. The third kappa shape index (κ3) is 3.47. The van der Waals surface area contributed by atoms with Crippen LogP contribution in [0.15, 0.2) is 48.5 Å². The molecule has 0 fully saturated rings. The average molecular weight is 347 g/mol. The highest BCUT2D eigenvalue weighted by molar-refractivity contribution is 5.86. The second kappa shape index (κ2) is 7.82. The number of benzene rings is 2. The molecule has 1 heterocycles. The molecule has 128 valence electrons. The Hall–Kier alpha value is -1.84. The number of hydrogen-bond donors (Lipinski definition) is 1. The highest BCUT2D eigenvalue weighted by atomic mass is 35.5. The molecule has 0 saturated carbocycles. The summed E-state index contributed by atoms with van der Waals surface area (Å²) < 4.78 is 16.2. The first-order valence-corrected chi connectivity index (χ1v) is 8.17. The fourth-order valence-corrected chi connectivity index (χ4v) is 3.17. The summed E-state index contributed by atoms with van der Waals surface area (Å²) in [5, 5.41) is 1.23. The van der Waals surface area contributed by atoms with E-state index < -0.39 is 0 Å². The van der Waals surface area contributed by atoms with Gasteiger partial charge in [-0.25, -0.2) is 4.39 Å². The van der Waals surface area contributed by atoms with E-state index in [0.29, 0.717) is 12.1 Å². The molecule has 1 atom stereocenters. The standard InChI is InChI=1S/C20H23FN2.ClH/c1-3-16(22)12-18-14(2)23(20-11-7-5-9-17(18)20)13-15-8-4-6-10-19(15)21;/h4-11,16H,3,12-13,22H2,1-2H3;1H. The van der Waals surface area contributed by atoms with Crippen molar-refractivity contribution < 1.29 is 4.39 Å². The van der Waals surface area contributed by atoms with E-state index >= 15 is 0 Å². The van der Waals surface area contributed by atoms with Gasteiger partial charge in [0, 0.05) is 28.2 Å². The molecule has 0 aliphatic heterocycles. The smallest absolute Gasteiger partial charge is 0.128 e. The van der Waals surface area contributed by atoms with Gasteiger partial charge in [0.15, 0.2) is 0 Å². The molecule has 0 aliphatic rings. The zero-order chi connectivity index (χ0) is 16.4. The van der Waals surface area contributed by atoms with E-state index in [2.05, 4.69) is 36.6 Å². The molecule has 4 heteroatoms. The highest BCUT2D eigenvalue weighted by Crippen LogP contribution is 2.28. The summed E-state index contributed by atoms with van der Waals surface area (Å²) in [6.45, 7) is 4.76. The minimum Gasteiger partial charge on any atom is -0.340 e. The monoisotopic (exact) mass is 346 g/mol. The molecule has 24 heavy (non-hydrogen) atoms. The Bertz CT molecular complexity index is 826. The van der Waals surface area contributed by atoms with Crippen LogP contribution in [0.5, 0.6) is 0 Å². The summed E-state index contributed by atoms with van der Waals surface area (Å²) in [5.74, 6) is -0.156. The van der Waals surface area contributed by atoms with Crippen LogP contribution in [0.4, 0.5) is 4.39 Å². The number of nitrogens with two attached hydrogens (primary N) is 1. The molecule has 2 aromatic carbocycles. The first-order valence-electron chi connectivity index (χ1n) is 8.17. The van der Waals surface area contributed by atoms with Gasteiger partial charge in [-0.15, -0.1) is 12.4 Å². The van der Waals surface area contributed by atoms with Crippen molar-refractivity contribution in [1.82, 2.24) is 4.57 Å². The van der Waals surface area contributed by atoms with Crippen molar-refractivity contribution in [3.63, 3.8) is 0 Å². The molecule has 1 unspecified atom stereocenters. The van der Waals surface area contributed by atoms with Crippen LogP contribution in [-0.2, 0) is 13.0 Å². The highest BCUT2D eigenvalue weighted by Gasteiger charge is 2.16. The lowest BCUT2D eigenvalue weighted by Crippen LogP contribution is -2.21. The van der Waals surface area contributed by atoms with Crippen molar-refractivity contribution in [1.29, 1.82) is 0 Å². The number of hydrogen-bond acceptors (Lipinski definition) is 1. The summed E-state index contributed by atoms with van der Waals surface area (Å²) >= 11 is 0. The van der Waals surface area contributed by atoms with Crippen LogP contribution in [0.3, 0.4) is 0 Å². The number of nitrogens with zero attached hydrogens (tertiary/aromatic N) is 1. The van der Waals surface area contributed by atoms with Gasteiger partial charge in [-0.3, -0.25) is 0 Å². The third-order valence-corrected chi connectivity index (χ3v) is 4.64. The van der Waals surface area contributed by atoms with Crippen LogP contribution >= 0.6 is 12.4 Å². The summed E-state index contributed by atoms with van der Waals surface area (Å²) in [5.41, 5.74) is 10.5. The van der Waals surface area contributed by atoms with E-state index in [1.807, 2.05) is 18.2 Å². The second-order valence-electron chi connectivity index (χ2n) is 6.13. The van der Waals surface area contributed by atoms with E-state index in [4.69, 9.17) is 5.73 Å². The average Bonchev–Trinajstić information content (AvgIpc) is 2.82. The fourth-order valence-electron chi connectivity index (χ4n) is 3.17. The van der Waals surface area contributed by atoms with Crippen LogP contribution in [0.2, 0.25) is 0 Å². The van der Waals surface area contributed by atoms with E-state index in [1.54, 1.807) is 6.07 Å². The molecule has 3 rings (SSSR count). The predicted molar refractivity (Wildman–Crippen MR) is 101 cm³/mol. The van der Waals surface area contributed by atoms with Gasteiger partial charge in [0.1, 0.15) is 5.82 Å². The summed E-state index contributed by atoms with van der Waals surface area (Å²) in [7, 11) is 0. The topological polar surface area (TPSA) is 30.9 Å². The van der Waals surface area contributed by atoms with Crippen molar-refractivity contribution in [3.05, 3.63) is 71.2 Å². The van der Waals surface area contributed by atoms with Gasteiger partial charge in [-0.1, -0.05) is 43.3 Å². The number of para-hydroxylation sites is 1. The SMILES string of the molecule is CCC(N)Cc1c(C)n(Cc2ccccc2F)c2ccccc12.Cl. The van der Waals surface area contributed by atoms with E-state index in [-0.39, 0.29) is 24.3 Å². The predicted octanol–water partition coefficient (Wildman–Crippen LogP) is 4.84. The van der Waals surface area contributed by atoms with Gasteiger partial charge in [0.2, 0.25) is 0 Å². The van der Waals surface area contributed by atoms with Crippen molar-refractivity contribution in [2.24, 2.45) is 5.73 Å². The molecular formula is C20H24ClFN2. The van der Waals surface area contributed by atoms with Crippen LogP contribution in [0, 0.1) is 12.7 Å². The van der Waals surface area contributed by atoms with Crippen LogP contribution in [0.25, 0.3) is 10.9 Å². The zero-order valence-corrected chi connectivity index (χ0v) is 14.9.